The fraction of sp³-hybridized carbons (Fsp3) is 0.0345. The first kappa shape index (κ1) is 21.0. The van der Waals surface area contributed by atoms with Crippen LogP contribution in [0.1, 0.15) is 10.4 Å². The van der Waals surface area contributed by atoms with Crippen molar-refractivity contribution in [2.24, 2.45) is 0 Å². The number of fused-ring (bicyclic) bond motifs is 1. The maximum atomic E-state index is 12.4. The van der Waals surface area contributed by atoms with Crippen molar-refractivity contribution < 1.29 is 9.53 Å². The molecule has 5 nitrogen and oxygen atoms in total. The molecule has 0 bridgehead atoms. The second-order valence-corrected chi connectivity index (χ2v) is 7.70. The van der Waals surface area contributed by atoms with Gasteiger partial charge in [0.1, 0.15) is 17.1 Å². The van der Waals surface area contributed by atoms with Crippen molar-refractivity contribution in [1.82, 2.24) is 15.3 Å². The van der Waals surface area contributed by atoms with Gasteiger partial charge in [-0.2, -0.15) is 0 Å². The van der Waals surface area contributed by atoms with Crippen molar-refractivity contribution >= 4 is 16.9 Å². The number of carbonyl (C=O) groups excluding carboxylic acids is 1. The molecular weight excluding hydrogens is 422 g/mol. The fourth-order valence-corrected chi connectivity index (χ4v) is 3.86. The number of hydrogen-bond donors (Lipinski definition) is 2. The van der Waals surface area contributed by atoms with Gasteiger partial charge in [0.25, 0.3) is 5.91 Å². The first-order valence-corrected chi connectivity index (χ1v) is 10.8. The van der Waals surface area contributed by atoms with Crippen LogP contribution in [0.15, 0.2) is 97.3 Å². The number of aromatic nitrogens is 2. The van der Waals surface area contributed by atoms with Crippen LogP contribution in [0.25, 0.3) is 33.3 Å². The maximum Gasteiger partial charge on any atom is 0.252 e. The molecule has 0 atom stereocenters. The predicted octanol–water partition coefficient (Wildman–Crippen LogP) is 6.05. The summed E-state index contributed by atoms with van der Waals surface area (Å²) in [6.45, 7) is 0.188. The molecule has 2 heterocycles. The van der Waals surface area contributed by atoms with Gasteiger partial charge in [-0.1, -0.05) is 54.5 Å². The standard InChI is InChI=1S/C29H21N3O2/c1-2-15-30-29(33)21-10-8-9-20(16-21)26-19-32-28-25(26)17-22(18-31-28)24-13-6-7-14-27(24)34-23-11-4-3-5-12-23/h1,3-14,16-19H,15H2,(H,30,33)(H,31,32). The minimum atomic E-state index is -0.203. The van der Waals surface area contributed by atoms with Crippen molar-refractivity contribution in [3.05, 3.63) is 103 Å². The van der Waals surface area contributed by atoms with Crippen LogP contribution in [0.3, 0.4) is 0 Å². The quantitative estimate of drug-likeness (QED) is 0.314. The number of pyridine rings is 1. The van der Waals surface area contributed by atoms with Gasteiger partial charge >= 0.3 is 0 Å². The monoisotopic (exact) mass is 443 g/mol. The van der Waals surface area contributed by atoms with Crippen LogP contribution < -0.4 is 10.1 Å². The van der Waals surface area contributed by atoms with Crippen LogP contribution in [0.4, 0.5) is 0 Å². The number of terminal acetylenes is 1. The van der Waals surface area contributed by atoms with Gasteiger partial charge in [-0.25, -0.2) is 4.98 Å². The Hall–Kier alpha value is -4.82. The largest absolute Gasteiger partial charge is 0.457 e. The third kappa shape index (κ3) is 4.25. The minimum absolute atomic E-state index is 0.188. The highest BCUT2D eigenvalue weighted by atomic mass is 16.5. The summed E-state index contributed by atoms with van der Waals surface area (Å²) in [4.78, 5) is 20.2. The van der Waals surface area contributed by atoms with Gasteiger partial charge < -0.3 is 15.0 Å². The Morgan fingerprint density at radius 3 is 2.62 bits per heavy atom. The molecule has 0 fully saturated rings. The van der Waals surface area contributed by atoms with Crippen molar-refractivity contribution in [3.63, 3.8) is 0 Å². The van der Waals surface area contributed by atoms with Gasteiger partial charge in [0.05, 0.1) is 6.54 Å². The number of rotatable bonds is 6. The zero-order chi connectivity index (χ0) is 23.3. The molecule has 164 valence electrons. The zero-order valence-electron chi connectivity index (χ0n) is 18.3. The Morgan fingerprint density at radius 1 is 0.941 bits per heavy atom. The molecule has 0 spiro atoms. The Bertz CT molecular complexity index is 1510. The van der Waals surface area contributed by atoms with Gasteiger partial charge in [-0.05, 0) is 42.0 Å². The van der Waals surface area contributed by atoms with E-state index < -0.39 is 0 Å². The van der Waals surface area contributed by atoms with E-state index in [1.165, 1.54) is 0 Å². The number of carbonyl (C=O) groups is 1. The summed E-state index contributed by atoms with van der Waals surface area (Å²) in [7, 11) is 0. The van der Waals surface area contributed by atoms with Crippen LogP contribution >= 0.6 is 0 Å². The SMILES string of the molecule is C#CCNC(=O)c1cccc(-c2c[nH]c3ncc(-c4ccccc4Oc4ccccc4)cc23)c1. The van der Waals surface area contributed by atoms with Crippen LogP contribution in [0.5, 0.6) is 11.5 Å². The number of H-pyrrole nitrogens is 1. The lowest BCUT2D eigenvalue weighted by atomic mass is 10.0. The maximum absolute atomic E-state index is 12.4. The summed E-state index contributed by atoms with van der Waals surface area (Å²) in [5.41, 5.74) is 5.05. The van der Waals surface area contributed by atoms with Crippen LogP contribution in [-0.2, 0) is 0 Å². The number of ether oxygens (including phenoxy) is 1. The molecule has 2 aromatic heterocycles. The number of para-hydroxylation sites is 2. The average molecular weight is 444 g/mol. The van der Waals surface area contributed by atoms with Gasteiger partial charge in [0.2, 0.25) is 0 Å². The molecule has 0 radical (unpaired) electrons. The molecule has 34 heavy (non-hydrogen) atoms. The molecular formula is C29H21N3O2. The van der Waals surface area contributed by atoms with E-state index in [1.807, 2.05) is 85.2 Å². The molecule has 0 aliphatic rings. The van der Waals surface area contributed by atoms with Crippen molar-refractivity contribution in [1.29, 1.82) is 0 Å². The van der Waals surface area contributed by atoms with Crippen molar-refractivity contribution in [2.75, 3.05) is 6.54 Å². The minimum Gasteiger partial charge on any atom is -0.457 e. The van der Waals surface area contributed by atoms with Crippen LogP contribution in [0, 0.1) is 12.3 Å². The van der Waals surface area contributed by atoms with Gasteiger partial charge in [-0.3, -0.25) is 4.79 Å². The molecule has 0 aliphatic heterocycles. The van der Waals surface area contributed by atoms with E-state index in [0.29, 0.717) is 5.56 Å². The average Bonchev–Trinajstić information content (AvgIpc) is 3.32. The first-order chi connectivity index (χ1) is 16.7. The smallest absolute Gasteiger partial charge is 0.252 e. The second kappa shape index (κ2) is 9.35. The molecule has 1 amide bonds. The number of nitrogens with zero attached hydrogens (tertiary/aromatic N) is 1. The molecule has 5 heteroatoms. The van der Waals surface area contributed by atoms with Gasteiger partial charge in [0.15, 0.2) is 0 Å². The third-order valence-corrected chi connectivity index (χ3v) is 5.49. The summed E-state index contributed by atoms with van der Waals surface area (Å²) >= 11 is 0. The number of hydrogen-bond acceptors (Lipinski definition) is 3. The number of nitrogens with one attached hydrogen (secondary N) is 2. The normalized spacial score (nSPS) is 10.6. The van der Waals surface area contributed by atoms with Crippen molar-refractivity contribution in [3.8, 4) is 46.1 Å². The second-order valence-electron chi connectivity index (χ2n) is 7.70. The Morgan fingerprint density at radius 2 is 1.76 bits per heavy atom. The van der Waals surface area contributed by atoms with E-state index in [4.69, 9.17) is 11.2 Å². The van der Waals surface area contributed by atoms with Crippen molar-refractivity contribution in [2.45, 2.75) is 0 Å². The van der Waals surface area contributed by atoms with E-state index in [9.17, 15) is 4.79 Å². The molecule has 2 N–H and O–H groups in total. The molecule has 0 saturated carbocycles. The lowest BCUT2D eigenvalue weighted by Gasteiger charge is -2.11. The Balaban J connectivity index is 1.54. The summed E-state index contributed by atoms with van der Waals surface area (Å²) in [6, 6.07) is 27.1. The number of amides is 1. The molecule has 0 saturated heterocycles. The molecule has 5 aromatic rings. The summed E-state index contributed by atoms with van der Waals surface area (Å²) in [5.74, 6) is 3.74. The van der Waals surface area contributed by atoms with Crippen LogP contribution in [-0.4, -0.2) is 22.4 Å². The summed E-state index contributed by atoms with van der Waals surface area (Å²) in [6.07, 6.45) is 9.00. The highest BCUT2D eigenvalue weighted by molar-refractivity contribution is 5.99. The predicted molar refractivity (Wildman–Crippen MR) is 135 cm³/mol. The van der Waals surface area contributed by atoms with E-state index in [2.05, 4.69) is 27.3 Å². The van der Waals surface area contributed by atoms with E-state index >= 15 is 0 Å². The fourth-order valence-electron chi connectivity index (χ4n) is 3.86. The number of benzene rings is 3. The summed E-state index contributed by atoms with van der Waals surface area (Å²) < 4.78 is 6.15. The van der Waals surface area contributed by atoms with E-state index in [1.54, 1.807) is 6.07 Å². The van der Waals surface area contributed by atoms with Crippen LogP contribution in [0.2, 0.25) is 0 Å². The molecule has 0 unspecified atom stereocenters. The van der Waals surface area contributed by atoms with Gasteiger partial charge in [0, 0.05) is 40.0 Å². The lowest BCUT2D eigenvalue weighted by Crippen LogP contribution is -2.23. The zero-order valence-corrected chi connectivity index (χ0v) is 18.3. The molecule has 3 aromatic carbocycles. The third-order valence-electron chi connectivity index (χ3n) is 5.49. The Labute approximate surface area is 197 Å². The topological polar surface area (TPSA) is 67.0 Å². The molecule has 0 aliphatic carbocycles. The van der Waals surface area contributed by atoms with E-state index in [-0.39, 0.29) is 12.5 Å². The lowest BCUT2D eigenvalue weighted by molar-refractivity contribution is 0.0958. The Kier molecular flexibility index (Phi) is 5.79. The number of aromatic amines is 1. The first-order valence-electron chi connectivity index (χ1n) is 10.8. The molecule has 5 rings (SSSR count). The summed E-state index contributed by atoms with van der Waals surface area (Å²) in [5, 5.41) is 3.66. The highest BCUT2D eigenvalue weighted by Gasteiger charge is 2.13. The van der Waals surface area contributed by atoms with E-state index in [0.717, 1.165) is 44.8 Å². The van der Waals surface area contributed by atoms with Gasteiger partial charge in [-0.15, -0.1) is 6.42 Å². The highest BCUT2D eigenvalue weighted by Crippen LogP contribution is 2.36.